The average molecular weight is 328 g/mol. The molecule has 0 atom stereocenters. The SMILES string of the molecule is CN(C)S(=O)(=O)CCNc1cc(NN)nc(C(F)(F)F)n1. The summed E-state index contributed by atoms with van der Waals surface area (Å²) in [5, 5.41) is 2.49. The molecule has 1 rings (SSSR count). The number of hydrogen-bond donors (Lipinski definition) is 3. The lowest BCUT2D eigenvalue weighted by Crippen LogP contribution is -2.28. The van der Waals surface area contributed by atoms with E-state index in [1.165, 1.54) is 14.1 Å². The van der Waals surface area contributed by atoms with E-state index in [-0.39, 0.29) is 23.9 Å². The van der Waals surface area contributed by atoms with Gasteiger partial charge in [-0.15, -0.1) is 0 Å². The van der Waals surface area contributed by atoms with Crippen LogP contribution < -0.4 is 16.6 Å². The van der Waals surface area contributed by atoms with Crippen LogP contribution in [0.5, 0.6) is 0 Å². The Kier molecular flexibility index (Phi) is 5.31. The van der Waals surface area contributed by atoms with Crippen molar-refractivity contribution in [2.45, 2.75) is 6.18 Å². The molecule has 0 bridgehead atoms. The zero-order valence-corrected chi connectivity index (χ0v) is 12.1. The van der Waals surface area contributed by atoms with Crippen molar-refractivity contribution in [3.8, 4) is 0 Å². The summed E-state index contributed by atoms with van der Waals surface area (Å²) < 4.78 is 61.8. The van der Waals surface area contributed by atoms with Crippen LogP contribution in [0.3, 0.4) is 0 Å². The third kappa shape index (κ3) is 4.99. The Labute approximate surface area is 119 Å². The van der Waals surface area contributed by atoms with Crippen LogP contribution in [-0.2, 0) is 16.2 Å². The lowest BCUT2D eigenvalue weighted by Gasteiger charge is -2.13. The highest BCUT2D eigenvalue weighted by atomic mass is 32.2. The van der Waals surface area contributed by atoms with Gasteiger partial charge in [-0.2, -0.15) is 13.2 Å². The number of alkyl halides is 3. The summed E-state index contributed by atoms with van der Waals surface area (Å²) in [7, 11) is -0.739. The van der Waals surface area contributed by atoms with Crippen molar-refractivity contribution >= 4 is 21.7 Å². The van der Waals surface area contributed by atoms with Gasteiger partial charge in [-0.25, -0.2) is 28.5 Å². The summed E-state index contributed by atoms with van der Waals surface area (Å²) in [6, 6.07) is 1.14. The van der Waals surface area contributed by atoms with E-state index in [0.717, 1.165) is 10.4 Å². The first kappa shape index (κ1) is 17.4. The first-order valence-corrected chi connectivity index (χ1v) is 7.24. The molecule has 1 heterocycles. The minimum atomic E-state index is -4.74. The van der Waals surface area contributed by atoms with Crippen molar-refractivity contribution < 1.29 is 21.6 Å². The van der Waals surface area contributed by atoms with E-state index in [1.54, 1.807) is 0 Å². The standard InChI is InChI=1S/C9H15F3N6O2S/c1-18(2)21(19,20)4-3-14-6-5-7(17-13)16-8(15-6)9(10,11)12/h5H,3-4,13H2,1-2H3,(H2,14,15,16,17). The average Bonchev–Trinajstić information content (AvgIpc) is 2.36. The van der Waals surface area contributed by atoms with Crippen LogP contribution in [0.2, 0.25) is 0 Å². The van der Waals surface area contributed by atoms with Gasteiger partial charge < -0.3 is 10.7 Å². The van der Waals surface area contributed by atoms with Crippen LogP contribution in [0, 0.1) is 0 Å². The van der Waals surface area contributed by atoms with E-state index in [0.29, 0.717) is 0 Å². The van der Waals surface area contributed by atoms with Gasteiger partial charge in [0.2, 0.25) is 15.8 Å². The van der Waals surface area contributed by atoms with Crippen LogP contribution >= 0.6 is 0 Å². The van der Waals surface area contributed by atoms with Crippen molar-refractivity contribution in [3.63, 3.8) is 0 Å². The maximum Gasteiger partial charge on any atom is 0.451 e. The molecule has 8 nitrogen and oxygen atoms in total. The number of rotatable bonds is 6. The lowest BCUT2D eigenvalue weighted by molar-refractivity contribution is -0.144. The number of nitrogen functional groups attached to an aromatic ring is 1. The Bertz CT molecular complexity index is 590. The van der Waals surface area contributed by atoms with Gasteiger partial charge in [0.1, 0.15) is 11.6 Å². The topological polar surface area (TPSA) is 113 Å². The zero-order valence-electron chi connectivity index (χ0n) is 11.3. The van der Waals surface area contributed by atoms with Gasteiger partial charge in [-0.05, 0) is 0 Å². The van der Waals surface area contributed by atoms with E-state index < -0.39 is 22.0 Å². The second kappa shape index (κ2) is 6.41. The summed E-state index contributed by atoms with van der Waals surface area (Å²) in [5.41, 5.74) is 1.99. The number of anilines is 2. The van der Waals surface area contributed by atoms with Crippen LogP contribution in [0.25, 0.3) is 0 Å². The summed E-state index contributed by atoms with van der Waals surface area (Å²) in [6.07, 6.45) is -4.74. The second-order valence-corrected chi connectivity index (χ2v) is 6.43. The van der Waals surface area contributed by atoms with Gasteiger partial charge in [-0.1, -0.05) is 0 Å². The molecule has 0 saturated heterocycles. The number of hydrazine groups is 1. The van der Waals surface area contributed by atoms with Crippen LogP contribution in [0.15, 0.2) is 6.07 Å². The van der Waals surface area contributed by atoms with Crippen LogP contribution in [-0.4, -0.2) is 49.1 Å². The molecular formula is C9H15F3N6O2S. The molecule has 0 aromatic carbocycles. The molecular weight excluding hydrogens is 313 g/mol. The molecule has 21 heavy (non-hydrogen) atoms. The smallest absolute Gasteiger partial charge is 0.369 e. The number of nitrogens with zero attached hydrogens (tertiary/aromatic N) is 3. The quantitative estimate of drug-likeness (QED) is 0.501. The fourth-order valence-electron chi connectivity index (χ4n) is 1.23. The molecule has 0 spiro atoms. The van der Waals surface area contributed by atoms with Crippen molar-refractivity contribution in [2.75, 3.05) is 37.1 Å². The summed E-state index contributed by atoms with van der Waals surface area (Å²) in [6.45, 7) is -0.112. The Morgan fingerprint density at radius 3 is 2.33 bits per heavy atom. The van der Waals surface area contributed by atoms with Crippen molar-refractivity contribution in [2.24, 2.45) is 5.84 Å². The molecule has 0 radical (unpaired) electrons. The van der Waals surface area contributed by atoms with E-state index in [2.05, 4.69) is 15.3 Å². The maximum absolute atomic E-state index is 12.6. The number of hydrogen-bond acceptors (Lipinski definition) is 7. The van der Waals surface area contributed by atoms with Gasteiger partial charge in [0.05, 0.1) is 5.75 Å². The predicted octanol–water partition coefficient (Wildman–Crippen LogP) is 0.0843. The minimum Gasteiger partial charge on any atom is -0.369 e. The zero-order chi connectivity index (χ0) is 16.3. The Morgan fingerprint density at radius 2 is 1.86 bits per heavy atom. The predicted molar refractivity (Wildman–Crippen MR) is 70.8 cm³/mol. The molecule has 1 aromatic heterocycles. The minimum absolute atomic E-state index is 0.112. The van der Waals surface area contributed by atoms with Crippen LogP contribution in [0.4, 0.5) is 24.8 Å². The molecule has 0 aliphatic heterocycles. The van der Waals surface area contributed by atoms with E-state index in [9.17, 15) is 21.6 Å². The van der Waals surface area contributed by atoms with E-state index in [1.807, 2.05) is 5.43 Å². The fraction of sp³-hybridized carbons (Fsp3) is 0.556. The second-order valence-electron chi connectivity index (χ2n) is 4.13. The first-order chi connectivity index (χ1) is 9.56. The highest BCUT2D eigenvalue weighted by molar-refractivity contribution is 7.89. The molecule has 0 saturated carbocycles. The molecule has 0 aliphatic carbocycles. The fourth-order valence-corrected chi connectivity index (χ4v) is 1.95. The molecule has 12 heteroatoms. The molecule has 1 aromatic rings. The third-order valence-electron chi connectivity index (χ3n) is 2.35. The van der Waals surface area contributed by atoms with Gasteiger partial charge in [0.25, 0.3) is 0 Å². The van der Waals surface area contributed by atoms with Crippen LogP contribution in [0.1, 0.15) is 5.82 Å². The first-order valence-electron chi connectivity index (χ1n) is 5.63. The summed E-state index contributed by atoms with van der Waals surface area (Å²) in [5.74, 6) is 2.94. The third-order valence-corrected chi connectivity index (χ3v) is 4.18. The van der Waals surface area contributed by atoms with Crippen molar-refractivity contribution in [3.05, 3.63) is 11.9 Å². The molecule has 0 unspecified atom stereocenters. The highest BCUT2D eigenvalue weighted by Gasteiger charge is 2.35. The normalized spacial score (nSPS) is 12.5. The van der Waals surface area contributed by atoms with Gasteiger partial charge in [0.15, 0.2) is 0 Å². The van der Waals surface area contributed by atoms with Gasteiger partial charge in [0, 0.05) is 26.7 Å². The van der Waals surface area contributed by atoms with Crippen molar-refractivity contribution in [1.29, 1.82) is 0 Å². The number of aromatic nitrogens is 2. The summed E-state index contributed by atoms with van der Waals surface area (Å²) >= 11 is 0. The largest absolute Gasteiger partial charge is 0.451 e. The lowest BCUT2D eigenvalue weighted by atomic mass is 10.4. The van der Waals surface area contributed by atoms with Gasteiger partial charge in [-0.3, -0.25) is 0 Å². The molecule has 120 valence electrons. The number of nitrogens with two attached hydrogens (primary N) is 1. The highest BCUT2D eigenvalue weighted by Crippen LogP contribution is 2.28. The molecule has 4 N–H and O–H groups in total. The Morgan fingerprint density at radius 1 is 1.29 bits per heavy atom. The number of sulfonamides is 1. The number of nitrogens with one attached hydrogen (secondary N) is 2. The van der Waals surface area contributed by atoms with Crippen molar-refractivity contribution in [1.82, 2.24) is 14.3 Å². The van der Waals surface area contributed by atoms with E-state index >= 15 is 0 Å². The Balaban J connectivity index is 2.85. The van der Waals surface area contributed by atoms with Gasteiger partial charge >= 0.3 is 6.18 Å². The molecule has 0 aliphatic rings. The Hall–Kier alpha value is -1.66. The summed E-state index contributed by atoms with van der Waals surface area (Å²) in [4.78, 5) is 6.44. The maximum atomic E-state index is 12.6. The monoisotopic (exact) mass is 328 g/mol. The molecule has 0 fully saturated rings. The number of halogens is 3. The van der Waals surface area contributed by atoms with E-state index in [4.69, 9.17) is 5.84 Å². The molecule has 0 amide bonds.